The van der Waals surface area contributed by atoms with Crippen molar-refractivity contribution in [3.05, 3.63) is 23.8 Å². The van der Waals surface area contributed by atoms with Gasteiger partial charge in [-0.05, 0) is 43.9 Å². The smallest absolute Gasteiger partial charge is 0.370 e. The van der Waals surface area contributed by atoms with Crippen LogP contribution in [-0.4, -0.2) is 61.1 Å². The Morgan fingerprint density at radius 3 is 2.52 bits per heavy atom. The lowest BCUT2D eigenvalue weighted by Crippen LogP contribution is -2.55. The van der Waals surface area contributed by atoms with Crippen molar-refractivity contribution in [2.24, 2.45) is 5.73 Å². The second kappa shape index (κ2) is 8.76. The molecule has 10 heteroatoms. The summed E-state index contributed by atoms with van der Waals surface area (Å²) < 4.78 is 46.4. The van der Waals surface area contributed by atoms with Crippen molar-refractivity contribution in [1.82, 2.24) is 4.90 Å². The van der Waals surface area contributed by atoms with Gasteiger partial charge in [0.2, 0.25) is 5.91 Å². The highest BCUT2D eigenvalue weighted by Gasteiger charge is 2.43. The minimum Gasteiger partial charge on any atom is -0.370 e. The maximum absolute atomic E-state index is 13.8. The molecule has 0 radical (unpaired) electrons. The minimum absolute atomic E-state index is 0.0422. The van der Waals surface area contributed by atoms with Gasteiger partial charge in [-0.25, -0.2) is 0 Å². The van der Waals surface area contributed by atoms with E-state index >= 15 is 0 Å². The number of morpholine rings is 1. The van der Waals surface area contributed by atoms with Gasteiger partial charge >= 0.3 is 6.18 Å². The highest BCUT2D eigenvalue weighted by molar-refractivity contribution is 5.98. The molecule has 1 aromatic rings. The van der Waals surface area contributed by atoms with Gasteiger partial charge in [0.1, 0.15) is 12.6 Å². The maximum Gasteiger partial charge on any atom is 0.418 e. The van der Waals surface area contributed by atoms with Gasteiger partial charge in [0, 0.05) is 30.9 Å². The van der Waals surface area contributed by atoms with Crippen LogP contribution in [0, 0.1) is 0 Å². The lowest BCUT2D eigenvalue weighted by Gasteiger charge is -2.42. The second-order valence-corrected chi connectivity index (χ2v) is 8.33. The molecular formula is C21H27F3N4O3. The van der Waals surface area contributed by atoms with Crippen molar-refractivity contribution in [3.8, 4) is 0 Å². The number of amides is 2. The van der Waals surface area contributed by atoms with Crippen molar-refractivity contribution in [3.63, 3.8) is 0 Å². The third kappa shape index (κ3) is 4.70. The normalized spacial score (nSPS) is 21.2. The third-order valence-corrected chi connectivity index (χ3v) is 6.21. The van der Waals surface area contributed by atoms with Crippen LogP contribution in [0.2, 0.25) is 0 Å². The fraction of sp³-hybridized carbons (Fsp3) is 0.619. The molecule has 0 spiro atoms. The summed E-state index contributed by atoms with van der Waals surface area (Å²) in [6, 6.07) is 3.40. The molecule has 1 heterocycles. The average Bonchev–Trinajstić information content (AvgIpc) is 3.51. The molecule has 170 valence electrons. The van der Waals surface area contributed by atoms with E-state index in [-0.39, 0.29) is 49.8 Å². The van der Waals surface area contributed by atoms with E-state index in [2.05, 4.69) is 10.2 Å². The number of hydrogen-bond donors (Lipinski definition) is 2. The molecule has 1 aromatic carbocycles. The van der Waals surface area contributed by atoms with Gasteiger partial charge in [-0.3, -0.25) is 14.5 Å². The maximum atomic E-state index is 13.8. The largest absolute Gasteiger partial charge is 0.418 e. The summed E-state index contributed by atoms with van der Waals surface area (Å²) in [6.45, 7) is 0.299. The van der Waals surface area contributed by atoms with Crippen LogP contribution in [0.5, 0.6) is 0 Å². The van der Waals surface area contributed by atoms with Crippen molar-refractivity contribution < 1.29 is 27.5 Å². The fourth-order valence-corrected chi connectivity index (χ4v) is 4.28. The van der Waals surface area contributed by atoms with Crippen molar-refractivity contribution >= 4 is 23.2 Å². The van der Waals surface area contributed by atoms with Crippen LogP contribution >= 0.6 is 0 Å². The summed E-state index contributed by atoms with van der Waals surface area (Å²) in [5, 5.41) is 2.47. The molecular weight excluding hydrogens is 413 g/mol. The summed E-state index contributed by atoms with van der Waals surface area (Å²) >= 11 is 0. The molecule has 3 aliphatic rings. The molecule has 0 unspecified atom stereocenters. The number of nitrogens with two attached hydrogens (primary N) is 1. The monoisotopic (exact) mass is 440 g/mol. The summed E-state index contributed by atoms with van der Waals surface area (Å²) in [5.41, 5.74) is 4.70. The van der Waals surface area contributed by atoms with Crippen LogP contribution in [0.1, 0.15) is 37.7 Å². The Hall–Kier alpha value is -2.17. The van der Waals surface area contributed by atoms with Crippen molar-refractivity contribution in [2.75, 3.05) is 36.5 Å². The van der Waals surface area contributed by atoms with E-state index in [1.54, 1.807) is 0 Å². The minimum atomic E-state index is -4.70. The predicted octanol–water partition coefficient (Wildman–Crippen LogP) is 2.35. The number of rotatable bonds is 7. The highest BCUT2D eigenvalue weighted by atomic mass is 19.4. The van der Waals surface area contributed by atoms with Crippen LogP contribution in [0.25, 0.3) is 0 Å². The van der Waals surface area contributed by atoms with Gasteiger partial charge in [-0.15, -0.1) is 0 Å². The number of carbonyl (C=O) groups excluding carboxylic acids is 2. The quantitative estimate of drug-likeness (QED) is 0.680. The Kier molecular flexibility index (Phi) is 6.23. The first-order valence-electron chi connectivity index (χ1n) is 10.7. The molecule has 0 aromatic heterocycles. The summed E-state index contributed by atoms with van der Waals surface area (Å²) in [7, 11) is 0. The molecule has 3 fully saturated rings. The number of alkyl halides is 3. The topological polar surface area (TPSA) is 87.9 Å². The number of hydrogen-bond acceptors (Lipinski definition) is 5. The molecule has 3 N–H and O–H groups in total. The molecule has 2 aliphatic carbocycles. The zero-order valence-corrected chi connectivity index (χ0v) is 17.2. The average molecular weight is 440 g/mol. The van der Waals surface area contributed by atoms with Crippen molar-refractivity contribution in [1.29, 1.82) is 0 Å². The standard InChI is InChI=1S/C21H27F3N4O3/c22-21(23,24)16-10-15(27-8-9-31-12-19(27)29)6-7-17(16)26-20(30)18(11-25)28(14-4-5-14)13-2-1-3-13/h6-7,10,13-14,18H,1-5,8-9,11-12,25H2,(H,26,30)/t18-/m1/s1. The Balaban J connectivity index is 1.57. The number of halogens is 3. The number of nitrogens with one attached hydrogen (secondary N) is 1. The molecule has 4 rings (SSSR count). The van der Waals surface area contributed by atoms with Gasteiger partial charge in [-0.1, -0.05) is 6.42 Å². The third-order valence-electron chi connectivity index (χ3n) is 6.21. The van der Waals surface area contributed by atoms with E-state index in [9.17, 15) is 22.8 Å². The summed E-state index contributed by atoms with van der Waals surface area (Å²) in [6.07, 6.45) is 0.322. The molecule has 7 nitrogen and oxygen atoms in total. The number of carbonyl (C=O) groups is 2. The molecule has 0 bridgehead atoms. The zero-order valence-electron chi connectivity index (χ0n) is 17.2. The lowest BCUT2D eigenvalue weighted by atomic mass is 9.90. The Morgan fingerprint density at radius 2 is 1.97 bits per heavy atom. The number of benzene rings is 1. The second-order valence-electron chi connectivity index (χ2n) is 8.33. The Bertz CT molecular complexity index is 840. The van der Waals surface area contributed by atoms with Gasteiger partial charge in [0.15, 0.2) is 0 Å². The van der Waals surface area contributed by atoms with E-state index in [4.69, 9.17) is 10.5 Å². The zero-order chi connectivity index (χ0) is 22.2. The number of anilines is 2. The van der Waals surface area contributed by atoms with Gasteiger partial charge in [0.25, 0.3) is 5.91 Å². The van der Waals surface area contributed by atoms with Gasteiger partial charge < -0.3 is 20.7 Å². The number of nitrogens with zero attached hydrogens (tertiary/aromatic N) is 2. The van der Waals surface area contributed by atoms with Crippen LogP contribution in [0.3, 0.4) is 0 Å². The van der Waals surface area contributed by atoms with E-state index in [0.29, 0.717) is 0 Å². The Morgan fingerprint density at radius 1 is 1.26 bits per heavy atom. The predicted molar refractivity (Wildman–Crippen MR) is 109 cm³/mol. The SMILES string of the molecule is NC[C@H](C(=O)Nc1ccc(N2CCOCC2=O)cc1C(F)(F)F)N(C1CCC1)C1CC1. The molecule has 1 saturated heterocycles. The molecule has 2 saturated carbocycles. The summed E-state index contributed by atoms with van der Waals surface area (Å²) in [5.74, 6) is -0.929. The first-order valence-corrected chi connectivity index (χ1v) is 10.7. The Labute approximate surface area is 178 Å². The fourth-order valence-electron chi connectivity index (χ4n) is 4.28. The number of ether oxygens (including phenoxy) is 1. The molecule has 1 aliphatic heterocycles. The van der Waals surface area contributed by atoms with E-state index in [0.717, 1.165) is 38.2 Å². The molecule has 1 atom stereocenters. The van der Waals surface area contributed by atoms with Crippen LogP contribution in [0.4, 0.5) is 24.5 Å². The van der Waals surface area contributed by atoms with Gasteiger partial charge in [-0.2, -0.15) is 13.2 Å². The first kappa shape index (κ1) is 22.0. The van der Waals surface area contributed by atoms with Crippen LogP contribution < -0.4 is 16.0 Å². The van der Waals surface area contributed by atoms with E-state index in [1.165, 1.54) is 17.0 Å². The first-order chi connectivity index (χ1) is 14.8. The lowest BCUT2D eigenvalue weighted by molar-refractivity contribution is -0.137. The molecule has 31 heavy (non-hydrogen) atoms. The van der Waals surface area contributed by atoms with Crippen LogP contribution in [-0.2, 0) is 20.5 Å². The summed E-state index contributed by atoms with van der Waals surface area (Å²) in [4.78, 5) is 28.4. The highest BCUT2D eigenvalue weighted by Crippen LogP contribution is 2.39. The van der Waals surface area contributed by atoms with Gasteiger partial charge in [0.05, 0.1) is 17.9 Å². The van der Waals surface area contributed by atoms with Crippen molar-refractivity contribution in [2.45, 2.75) is 56.4 Å². The van der Waals surface area contributed by atoms with Crippen LogP contribution in [0.15, 0.2) is 18.2 Å². The van der Waals surface area contributed by atoms with E-state index in [1.807, 2.05) is 0 Å². The van der Waals surface area contributed by atoms with E-state index < -0.39 is 29.6 Å². The molecule has 2 amide bonds.